The van der Waals surface area contributed by atoms with Gasteiger partial charge >= 0.3 is 0 Å². The molecule has 0 aromatic heterocycles. The second kappa shape index (κ2) is 5.51. The molecule has 2 aromatic carbocycles. The molecule has 0 fully saturated rings. The molecule has 0 spiro atoms. The normalized spacial score (nSPS) is 10.4. The lowest BCUT2D eigenvalue weighted by Gasteiger charge is -2.03. The summed E-state index contributed by atoms with van der Waals surface area (Å²) in [6.07, 6.45) is 0.119. The topological polar surface area (TPSA) is 17.1 Å². The summed E-state index contributed by atoms with van der Waals surface area (Å²) >= 11 is 11.4. The van der Waals surface area contributed by atoms with Crippen LogP contribution in [0.3, 0.4) is 0 Å². The van der Waals surface area contributed by atoms with Crippen LogP contribution in [0.4, 0.5) is 4.39 Å². The van der Waals surface area contributed by atoms with E-state index in [9.17, 15) is 9.18 Å². The zero-order valence-electron chi connectivity index (χ0n) is 9.29. The van der Waals surface area contributed by atoms with Crippen LogP contribution in [0.1, 0.15) is 15.9 Å². The monoisotopic (exact) mass is 282 g/mol. The molecule has 0 radical (unpaired) electrons. The Labute approximate surface area is 114 Å². The van der Waals surface area contributed by atoms with Crippen LogP contribution in [0.5, 0.6) is 0 Å². The Morgan fingerprint density at radius 3 is 2.56 bits per heavy atom. The molecule has 0 saturated heterocycles. The standard InChI is InChI=1S/C14H9Cl2FO/c15-11-3-1-2-10(8-11)14(18)7-9-4-5-12(16)13(17)6-9/h1-6,8H,7H2. The van der Waals surface area contributed by atoms with Crippen LogP contribution >= 0.6 is 23.2 Å². The predicted octanol–water partition coefficient (Wildman–Crippen LogP) is 4.56. The number of hydrogen-bond acceptors (Lipinski definition) is 1. The summed E-state index contributed by atoms with van der Waals surface area (Å²) in [5.74, 6) is -0.632. The van der Waals surface area contributed by atoms with Gasteiger partial charge in [-0.3, -0.25) is 4.79 Å². The van der Waals surface area contributed by atoms with Crippen molar-refractivity contribution in [3.8, 4) is 0 Å². The highest BCUT2D eigenvalue weighted by molar-refractivity contribution is 6.31. The van der Waals surface area contributed by atoms with Crippen LogP contribution in [0.15, 0.2) is 42.5 Å². The first-order valence-corrected chi connectivity index (χ1v) is 6.04. The van der Waals surface area contributed by atoms with E-state index in [2.05, 4.69) is 0 Å². The van der Waals surface area contributed by atoms with Gasteiger partial charge in [-0.25, -0.2) is 4.39 Å². The van der Waals surface area contributed by atoms with Crippen molar-refractivity contribution in [3.05, 3.63) is 69.5 Å². The van der Waals surface area contributed by atoms with Crippen molar-refractivity contribution in [2.24, 2.45) is 0 Å². The molecule has 0 unspecified atom stereocenters. The van der Waals surface area contributed by atoms with Gasteiger partial charge in [0.2, 0.25) is 0 Å². The van der Waals surface area contributed by atoms with Gasteiger partial charge in [0.15, 0.2) is 5.78 Å². The van der Waals surface area contributed by atoms with Crippen molar-refractivity contribution >= 4 is 29.0 Å². The smallest absolute Gasteiger partial charge is 0.167 e. The SMILES string of the molecule is O=C(Cc1ccc(Cl)c(F)c1)c1cccc(Cl)c1. The van der Waals surface area contributed by atoms with Gasteiger partial charge < -0.3 is 0 Å². The summed E-state index contributed by atoms with van der Waals surface area (Å²) in [7, 11) is 0. The molecule has 4 heteroatoms. The van der Waals surface area contributed by atoms with E-state index in [-0.39, 0.29) is 17.2 Å². The van der Waals surface area contributed by atoms with Gasteiger partial charge in [-0.1, -0.05) is 41.4 Å². The van der Waals surface area contributed by atoms with Crippen molar-refractivity contribution in [1.82, 2.24) is 0 Å². The number of carbonyl (C=O) groups excluding carboxylic acids is 1. The molecule has 92 valence electrons. The molecule has 0 atom stereocenters. The summed E-state index contributed by atoms with van der Waals surface area (Å²) in [6.45, 7) is 0. The second-order valence-corrected chi connectivity index (χ2v) is 4.70. The summed E-state index contributed by atoms with van der Waals surface area (Å²) in [4.78, 5) is 11.9. The molecule has 0 heterocycles. The molecule has 0 aliphatic carbocycles. The first-order valence-electron chi connectivity index (χ1n) is 5.29. The second-order valence-electron chi connectivity index (χ2n) is 3.86. The zero-order chi connectivity index (χ0) is 13.1. The molecule has 0 N–H and O–H groups in total. The average molecular weight is 283 g/mol. The Morgan fingerprint density at radius 2 is 1.89 bits per heavy atom. The van der Waals surface area contributed by atoms with Gasteiger partial charge in [0, 0.05) is 17.0 Å². The average Bonchev–Trinajstić information content (AvgIpc) is 2.34. The first-order chi connectivity index (χ1) is 8.56. The Hall–Kier alpha value is -1.38. The zero-order valence-corrected chi connectivity index (χ0v) is 10.8. The van der Waals surface area contributed by atoms with E-state index < -0.39 is 5.82 Å². The fourth-order valence-corrected chi connectivity index (χ4v) is 1.91. The van der Waals surface area contributed by atoms with Crippen LogP contribution < -0.4 is 0 Å². The van der Waals surface area contributed by atoms with Crippen LogP contribution in [0, 0.1) is 5.82 Å². The summed E-state index contributed by atoms with van der Waals surface area (Å²) in [5.41, 5.74) is 1.10. The number of rotatable bonds is 3. The van der Waals surface area contributed by atoms with Crippen LogP contribution in [0.25, 0.3) is 0 Å². The Bertz CT molecular complexity index is 596. The molecule has 1 nitrogen and oxygen atoms in total. The van der Waals surface area contributed by atoms with Gasteiger partial charge in [0.05, 0.1) is 5.02 Å². The molecule has 0 aliphatic rings. The largest absolute Gasteiger partial charge is 0.294 e. The molecule has 0 amide bonds. The maximum Gasteiger partial charge on any atom is 0.167 e. The lowest BCUT2D eigenvalue weighted by molar-refractivity contribution is 0.0993. The third kappa shape index (κ3) is 3.09. The predicted molar refractivity (Wildman–Crippen MR) is 70.9 cm³/mol. The summed E-state index contributed by atoms with van der Waals surface area (Å²) < 4.78 is 13.2. The lowest BCUT2D eigenvalue weighted by Crippen LogP contribution is -2.03. The maximum absolute atomic E-state index is 13.2. The number of Topliss-reactive ketones (excluding diaryl/α,β-unsaturated/α-hetero) is 1. The van der Waals surface area contributed by atoms with Crippen LogP contribution in [-0.2, 0) is 6.42 Å². The third-order valence-electron chi connectivity index (χ3n) is 2.50. The number of benzene rings is 2. The Morgan fingerprint density at radius 1 is 1.11 bits per heavy atom. The third-order valence-corrected chi connectivity index (χ3v) is 3.04. The van der Waals surface area contributed by atoms with Gasteiger partial charge in [-0.05, 0) is 29.8 Å². The van der Waals surface area contributed by atoms with E-state index in [0.29, 0.717) is 16.1 Å². The first kappa shape index (κ1) is 13.1. The van der Waals surface area contributed by atoms with E-state index >= 15 is 0 Å². The molecule has 2 rings (SSSR count). The summed E-state index contributed by atoms with van der Waals surface area (Å²) in [6, 6.07) is 11.0. The molecular formula is C14H9Cl2FO. The Balaban J connectivity index is 2.18. The van der Waals surface area contributed by atoms with Crippen molar-refractivity contribution in [1.29, 1.82) is 0 Å². The molecule has 18 heavy (non-hydrogen) atoms. The highest BCUT2D eigenvalue weighted by Crippen LogP contribution is 2.18. The molecular weight excluding hydrogens is 274 g/mol. The summed E-state index contributed by atoms with van der Waals surface area (Å²) in [5, 5.41) is 0.553. The quantitative estimate of drug-likeness (QED) is 0.755. The van der Waals surface area contributed by atoms with Gasteiger partial charge in [0.1, 0.15) is 5.82 Å². The molecule has 0 bridgehead atoms. The van der Waals surface area contributed by atoms with E-state index in [1.54, 1.807) is 30.3 Å². The molecule has 2 aromatic rings. The fraction of sp³-hybridized carbons (Fsp3) is 0.0714. The number of halogens is 3. The van der Waals surface area contributed by atoms with Crippen LogP contribution in [0.2, 0.25) is 10.0 Å². The van der Waals surface area contributed by atoms with Crippen molar-refractivity contribution in [3.63, 3.8) is 0 Å². The minimum Gasteiger partial charge on any atom is -0.294 e. The van der Waals surface area contributed by atoms with Gasteiger partial charge in [0.25, 0.3) is 0 Å². The number of hydrogen-bond donors (Lipinski definition) is 0. The molecule has 0 saturated carbocycles. The van der Waals surface area contributed by atoms with E-state index in [0.717, 1.165) is 0 Å². The minimum atomic E-state index is -0.520. The lowest BCUT2D eigenvalue weighted by atomic mass is 10.0. The van der Waals surface area contributed by atoms with Crippen molar-refractivity contribution < 1.29 is 9.18 Å². The fourth-order valence-electron chi connectivity index (χ4n) is 1.60. The highest BCUT2D eigenvalue weighted by Gasteiger charge is 2.09. The van der Waals surface area contributed by atoms with E-state index in [1.807, 2.05) is 0 Å². The van der Waals surface area contributed by atoms with E-state index in [4.69, 9.17) is 23.2 Å². The maximum atomic E-state index is 13.2. The van der Waals surface area contributed by atoms with E-state index in [1.165, 1.54) is 12.1 Å². The van der Waals surface area contributed by atoms with Crippen molar-refractivity contribution in [2.75, 3.05) is 0 Å². The number of carbonyl (C=O) groups is 1. The van der Waals surface area contributed by atoms with Crippen molar-refractivity contribution in [2.45, 2.75) is 6.42 Å². The molecule has 0 aliphatic heterocycles. The Kier molecular flexibility index (Phi) is 4.00. The van der Waals surface area contributed by atoms with Crippen LogP contribution in [-0.4, -0.2) is 5.78 Å². The minimum absolute atomic E-state index is 0.0500. The highest BCUT2D eigenvalue weighted by atomic mass is 35.5. The van der Waals surface area contributed by atoms with Gasteiger partial charge in [-0.2, -0.15) is 0 Å². The number of ketones is 1. The van der Waals surface area contributed by atoms with Gasteiger partial charge in [-0.15, -0.1) is 0 Å².